The van der Waals surface area contributed by atoms with E-state index in [1.54, 1.807) is 4.90 Å². The first-order valence-corrected chi connectivity index (χ1v) is 6.45. The van der Waals surface area contributed by atoms with Gasteiger partial charge in [0.05, 0.1) is 5.92 Å². The van der Waals surface area contributed by atoms with Gasteiger partial charge in [-0.1, -0.05) is 0 Å². The molecule has 0 fully saturated rings. The molecule has 0 heterocycles. The Bertz CT molecular complexity index is 413. The van der Waals surface area contributed by atoms with E-state index in [9.17, 15) is 13.6 Å². The number of hydrogen-bond acceptors (Lipinski definition) is 2. The lowest BCUT2D eigenvalue weighted by Crippen LogP contribution is -2.39. The normalized spacial score (nSPS) is 12.3. The highest BCUT2D eigenvalue weighted by Gasteiger charge is 2.22. The Morgan fingerprint density at radius 2 is 1.74 bits per heavy atom. The first-order chi connectivity index (χ1) is 9.01. The maximum atomic E-state index is 13.1. The van der Waals surface area contributed by atoms with Crippen molar-refractivity contribution in [2.75, 3.05) is 19.6 Å². The molecule has 5 heteroatoms. The molecule has 1 aromatic rings. The number of nitrogens with zero attached hydrogens (tertiary/aromatic N) is 1. The van der Waals surface area contributed by atoms with Gasteiger partial charge in [0.1, 0.15) is 11.6 Å². The molecule has 0 aliphatic rings. The van der Waals surface area contributed by atoms with Gasteiger partial charge in [-0.15, -0.1) is 0 Å². The smallest absolute Gasteiger partial charge is 0.227 e. The summed E-state index contributed by atoms with van der Waals surface area (Å²) in [7, 11) is 0. The predicted molar refractivity (Wildman–Crippen MR) is 70.5 cm³/mol. The largest absolute Gasteiger partial charge is 0.343 e. The number of halogens is 2. The van der Waals surface area contributed by atoms with Gasteiger partial charge >= 0.3 is 0 Å². The molecule has 19 heavy (non-hydrogen) atoms. The van der Waals surface area contributed by atoms with Crippen molar-refractivity contribution in [3.05, 3.63) is 35.4 Å². The number of carbonyl (C=O) groups is 1. The third-order valence-electron chi connectivity index (χ3n) is 3.11. The highest BCUT2D eigenvalue weighted by molar-refractivity contribution is 5.79. The summed E-state index contributed by atoms with van der Waals surface area (Å²) in [6, 6.07) is 3.29. The zero-order valence-electron chi connectivity index (χ0n) is 11.3. The Hall–Kier alpha value is -1.49. The molecule has 1 aromatic carbocycles. The van der Waals surface area contributed by atoms with Crippen molar-refractivity contribution in [1.82, 2.24) is 4.90 Å². The van der Waals surface area contributed by atoms with Gasteiger partial charge < -0.3 is 10.6 Å². The molecule has 3 nitrogen and oxygen atoms in total. The molecule has 0 aromatic heterocycles. The predicted octanol–water partition coefficient (Wildman–Crippen LogP) is 1.95. The van der Waals surface area contributed by atoms with Crippen LogP contribution < -0.4 is 5.73 Å². The number of benzene rings is 1. The molecule has 0 aliphatic carbocycles. The van der Waals surface area contributed by atoms with Crippen LogP contribution in [0.3, 0.4) is 0 Å². The van der Waals surface area contributed by atoms with Gasteiger partial charge in [0.15, 0.2) is 0 Å². The molecule has 1 unspecified atom stereocenters. The van der Waals surface area contributed by atoms with E-state index >= 15 is 0 Å². The van der Waals surface area contributed by atoms with Crippen molar-refractivity contribution in [3.8, 4) is 0 Å². The number of carbonyl (C=O) groups excluding carboxylic acids is 1. The number of amides is 1. The van der Waals surface area contributed by atoms with Crippen LogP contribution >= 0.6 is 0 Å². The Labute approximate surface area is 112 Å². The molecule has 106 valence electrons. The van der Waals surface area contributed by atoms with Crippen LogP contribution in [-0.4, -0.2) is 30.4 Å². The van der Waals surface area contributed by atoms with Crippen molar-refractivity contribution in [1.29, 1.82) is 0 Å². The molecular weight excluding hydrogens is 250 g/mol. The standard InChI is InChI=1S/C14H20F2N2O/c1-3-18(4-2)14(19)11(9-17)5-10-6-12(15)8-13(16)7-10/h6-8,11H,3-5,9,17H2,1-2H3. The Morgan fingerprint density at radius 3 is 2.16 bits per heavy atom. The number of rotatable bonds is 6. The van der Waals surface area contributed by atoms with Crippen LogP contribution in [0.1, 0.15) is 19.4 Å². The monoisotopic (exact) mass is 270 g/mol. The van der Waals surface area contributed by atoms with E-state index in [2.05, 4.69) is 0 Å². The van der Waals surface area contributed by atoms with Crippen molar-refractivity contribution in [2.24, 2.45) is 11.7 Å². The third kappa shape index (κ3) is 4.28. The van der Waals surface area contributed by atoms with Crippen LogP contribution in [0.4, 0.5) is 8.78 Å². The highest BCUT2D eigenvalue weighted by atomic mass is 19.1. The molecule has 0 radical (unpaired) electrons. The number of nitrogens with two attached hydrogens (primary N) is 1. The average molecular weight is 270 g/mol. The van der Waals surface area contributed by atoms with Crippen molar-refractivity contribution < 1.29 is 13.6 Å². The second-order valence-corrected chi connectivity index (χ2v) is 4.42. The fraction of sp³-hybridized carbons (Fsp3) is 0.500. The molecule has 0 bridgehead atoms. The van der Waals surface area contributed by atoms with Gasteiger partial charge in [-0.2, -0.15) is 0 Å². The van der Waals surface area contributed by atoms with E-state index in [1.807, 2.05) is 13.8 Å². The molecule has 1 atom stereocenters. The van der Waals surface area contributed by atoms with E-state index in [-0.39, 0.29) is 18.9 Å². The second kappa shape index (κ2) is 7.19. The van der Waals surface area contributed by atoms with E-state index < -0.39 is 17.6 Å². The van der Waals surface area contributed by atoms with Gasteiger partial charge in [-0.25, -0.2) is 8.78 Å². The minimum absolute atomic E-state index is 0.0721. The first kappa shape index (κ1) is 15.6. The maximum absolute atomic E-state index is 13.1. The second-order valence-electron chi connectivity index (χ2n) is 4.42. The minimum atomic E-state index is -0.638. The lowest BCUT2D eigenvalue weighted by molar-refractivity contribution is -0.134. The summed E-state index contributed by atoms with van der Waals surface area (Å²) in [6.45, 7) is 5.13. The van der Waals surface area contributed by atoms with Gasteiger partial charge in [-0.3, -0.25) is 4.79 Å². The Kier molecular flexibility index (Phi) is 5.89. The third-order valence-corrected chi connectivity index (χ3v) is 3.11. The van der Waals surface area contributed by atoms with Crippen LogP contribution in [0.5, 0.6) is 0 Å². The fourth-order valence-corrected chi connectivity index (χ4v) is 2.08. The Morgan fingerprint density at radius 1 is 1.21 bits per heavy atom. The molecule has 0 saturated carbocycles. The highest BCUT2D eigenvalue weighted by Crippen LogP contribution is 2.14. The lowest BCUT2D eigenvalue weighted by atomic mass is 9.97. The van der Waals surface area contributed by atoms with Crippen LogP contribution in [-0.2, 0) is 11.2 Å². The zero-order chi connectivity index (χ0) is 14.4. The summed E-state index contributed by atoms with van der Waals surface area (Å²) in [5.74, 6) is -1.79. The van der Waals surface area contributed by atoms with Gasteiger partial charge in [0.2, 0.25) is 5.91 Å². The fourth-order valence-electron chi connectivity index (χ4n) is 2.08. The summed E-state index contributed by atoms with van der Waals surface area (Å²) >= 11 is 0. The van der Waals surface area contributed by atoms with Crippen molar-refractivity contribution >= 4 is 5.91 Å². The first-order valence-electron chi connectivity index (χ1n) is 6.45. The van der Waals surface area contributed by atoms with Crippen molar-refractivity contribution in [2.45, 2.75) is 20.3 Å². The molecule has 1 amide bonds. The van der Waals surface area contributed by atoms with Crippen LogP contribution in [0.25, 0.3) is 0 Å². The molecule has 0 aliphatic heterocycles. The van der Waals surface area contributed by atoms with Crippen LogP contribution in [0.2, 0.25) is 0 Å². The maximum Gasteiger partial charge on any atom is 0.227 e. The van der Waals surface area contributed by atoms with E-state index in [1.165, 1.54) is 12.1 Å². The molecule has 0 spiro atoms. The SMILES string of the molecule is CCN(CC)C(=O)C(CN)Cc1cc(F)cc(F)c1. The molecular formula is C14H20F2N2O. The summed E-state index contributed by atoms with van der Waals surface area (Å²) in [5, 5.41) is 0. The molecule has 2 N–H and O–H groups in total. The number of hydrogen-bond donors (Lipinski definition) is 1. The van der Waals surface area contributed by atoms with E-state index in [4.69, 9.17) is 5.73 Å². The zero-order valence-corrected chi connectivity index (χ0v) is 11.3. The topological polar surface area (TPSA) is 46.3 Å². The Balaban J connectivity index is 2.84. The average Bonchev–Trinajstić information content (AvgIpc) is 2.36. The summed E-state index contributed by atoms with van der Waals surface area (Å²) in [6.07, 6.45) is 0.251. The van der Waals surface area contributed by atoms with Gasteiger partial charge in [-0.05, 0) is 38.0 Å². The van der Waals surface area contributed by atoms with E-state index in [0.29, 0.717) is 18.7 Å². The summed E-state index contributed by atoms with van der Waals surface area (Å²) in [4.78, 5) is 13.8. The summed E-state index contributed by atoms with van der Waals surface area (Å²) in [5.41, 5.74) is 6.06. The van der Waals surface area contributed by atoms with E-state index in [0.717, 1.165) is 6.07 Å². The van der Waals surface area contributed by atoms with Crippen molar-refractivity contribution in [3.63, 3.8) is 0 Å². The van der Waals surface area contributed by atoms with Crippen LogP contribution in [0.15, 0.2) is 18.2 Å². The minimum Gasteiger partial charge on any atom is -0.343 e. The van der Waals surface area contributed by atoms with Gasteiger partial charge in [0, 0.05) is 25.7 Å². The quantitative estimate of drug-likeness (QED) is 0.859. The van der Waals surface area contributed by atoms with Gasteiger partial charge in [0.25, 0.3) is 0 Å². The molecule has 0 saturated heterocycles. The molecule has 1 rings (SSSR count). The summed E-state index contributed by atoms with van der Waals surface area (Å²) < 4.78 is 26.2. The lowest BCUT2D eigenvalue weighted by Gasteiger charge is -2.24. The van der Waals surface area contributed by atoms with Crippen LogP contribution in [0, 0.1) is 17.6 Å².